The lowest BCUT2D eigenvalue weighted by atomic mass is 9.98. The van der Waals surface area contributed by atoms with Gasteiger partial charge in [-0.05, 0) is 12.8 Å². The zero-order valence-corrected chi connectivity index (χ0v) is 11.1. The number of ether oxygens (including phenoxy) is 2. The lowest BCUT2D eigenvalue weighted by molar-refractivity contribution is -0.0372. The van der Waals surface area contributed by atoms with Gasteiger partial charge in [0.2, 0.25) is 0 Å². The Bertz CT molecular complexity index is 194. The van der Waals surface area contributed by atoms with Crippen LogP contribution in [0.4, 0.5) is 0 Å². The molecule has 18 heavy (non-hydrogen) atoms. The van der Waals surface area contributed by atoms with Gasteiger partial charge in [-0.2, -0.15) is 0 Å². The SMILES string of the molecule is OC(CNN1CCOCC1)COC1CCCCC1. The number of nitrogens with one attached hydrogen (secondary N) is 1. The third-order valence-corrected chi connectivity index (χ3v) is 3.64. The Hall–Kier alpha value is -0.200. The van der Waals surface area contributed by atoms with Crippen molar-refractivity contribution in [1.82, 2.24) is 10.4 Å². The molecule has 1 unspecified atom stereocenters. The predicted octanol–water partition coefficient (Wildman–Crippen LogP) is 0.533. The molecule has 1 heterocycles. The Morgan fingerprint density at radius 3 is 2.67 bits per heavy atom. The number of hydrogen-bond acceptors (Lipinski definition) is 5. The summed E-state index contributed by atoms with van der Waals surface area (Å²) >= 11 is 0. The van der Waals surface area contributed by atoms with Crippen molar-refractivity contribution in [3.63, 3.8) is 0 Å². The fourth-order valence-corrected chi connectivity index (χ4v) is 2.49. The van der Waals surface area contributed by atoms with Crippen molar-refractivity contribution in [2.75, 3.05) is 39.5 Å². The van der Waals surface area contributed by atoms with E-state index >= 15 is 0 Å². The van der Waals surface area contributed by atoms with Gasteiger partial charge in [0.1, 0.15) is 0 Å². The summed E-state index contributed by atoms with van der Waals surface area (Å²) in [7, 11) is 0. The summed E-state index contributed by atoms with van der Waals surface area (Å²) in [5.41, 5.74) is 3.23. The Morgan fingerprint density at radius 2 is 1.94 bits per heavy atom. The standard InChI is InChI=1S/C13H26N2O3/c16-12(10-14-15-6-8-17-9-7-15)11-18-13-4-2-1-3-5-13/h12-14,16H,1-11H2. The smallest absolute Gasteiger partial charge is 0.0911 e. The first-order valence-electron chi connectivity index (χ1n) is 7.20. The molecule has 0 amide bonds. The monoisotopic (exact) mass is 258 g/mol. The van der Waals surface area contributed by atoms with Crippen LogP contribution in [0.3, 0.4) is 0 Å². The molecule has 1 aliphatic heterocycles. The molecular formula is C13H26N2O3. The highest BCUT2D eigenvalue weighted by Crippen LogP contribution is 2.20. The second kappa shape index (κ2) is 8.07. The molecule has 0 bridgehead atoms. The number of morpholine rings is 1. The van der Waals surface area contributed by atoms with E-state index in [-0.39, 0.29) is 0 Å². The second-order valence-electron chi connectivity index (χ2n) is 5.21. The molecule has 1 saturated carbocycles. The van der Waals surface area contributed by atoms with Crippen LogP contribution >= 0.6 is 0 Å². The van der Waals surface area contributed by atoms with Crippen molar-refractivity contribution in [3.05, 3.63) is 0 Å². The molecule has 2 N–H and O–H groups in total. The van der Waals surface area contributed by atoms with Gasteiger partial charge in [0.25, 0.3) is 0 Å². The van der Waals surface area contributed by atoms with Crippen LogP contribution in [0.2, 0.25) is 0 Å². The molecule has 5 nitrogen and oxygen atoms in total. The van der Waals surface area contributed by atoms with E-state index in [0.717, 1.165) is 39.1 Å². The van der Waals surface area contributed by atoms with E-state index < -0.39 is 6.10 Å². The van der Waals surface area contributed by atoms with Crippen molar-refractivity contribution < 1.29 is 14.6 Å². The third-order valence-electron chi connectivity index (χ3n) is 3.64. The zero-order chi connectivity index (χ0) is 12.6. The zero-order valence-electron chi connectivity index (χ0n) is 11.1. The van der Waals surface area contributed by atoms with Crippen LogP contribution in [0.15, 0.2) is 0 Å². The molecule has 1 saturated heterocycles. The van der Waals surface area contributed by atoms with Crippen LogP contribution in [0.25, 0.3) is 0 Å². The molecule has 2 fully saturated rings. The van der Waals surface area contributed by atoms with Crippen LogP contribution < -0.4 is 5.43 Å². The van der Waals surface area contributed by atoms with Gasteiger partial charge in [-0.3, -0.25) is 5.43 Å². The molecule has 2 aliphatic rings. The number of rotatable bonds is 6. The summed E-state index contributed by atoms with van der Waals surface area (Å²) in [5.74, 6) is 0. The first kappa shape index (κ1) is 14.2. The Kier molecular flexibility index (Phi) is 6.37. The van der Waals surface area contributed by atoms with Crippen molar-refractivity contribution in [2.24, 2.45) is 0 Å². The average Bonchev–Trinajstić information content (AvgIpc) is 2.45. The van der Waals surface area contributed by atoms with Crippen LogP contribution in [-0.2, 0) is 9.47 Å². The van der Waals surface area contributed by atoms with Crippen molar-refractivity contribution in [3.8, 4) is 0 Å². The van der Waals surface area contributed by atoms with E-state index in [4.69, 9.17) is 9.47 Å². The highest BCUT2D eigenvalue weighted by molar-refractivity contribution is 4.67. The maximum atomic E-state index is 9.87. The Morgan fingerprint density at radius 1 is 1.22 bits per heavy atom. The average molecular weight is 258 g/mol. The topological polar surface area (TPSA) is 54.0 Å². The molecule has 1 atom stereocenters. The van der Waals surface area contributed by atoms with Gasteiger partial charge in [-0.15, -0.1) is 0 Å². The first-order valence-corrected chi connectivity index (χ1v) is 7.20. The maximum absolute atomic E-state index is 9.87. The Balaban J connectivity index is 1.52. The second-order valence-corrected chi connectivity index (χ2v) is 5.21. The van der Waals surface area contributed by atoms with Gasteiger partial charge >= 0.3 is 0 Å². The van der Waals surface area contributed by atoms with Gasteiger partial charge in [-0.1, -0.05) is 19.3 Å². The minimum absolute atomic E-state index is 0.372. The minimum Gasteiger partial charge on any atom is -0.389 e. The molecular weight excluding hydrogens is 232 g/mol. The number of aliphatic hydroxyl groups is 1. The molecule has 2 rings (SSSR count). The normalized spacial score (nSPS) is 25.2. The van der Waals surface area contributed by atoms with Gasteiger partial charge in [0, 0.05) is 19.6 Å². The van der Waals surface area contributed by atoms with Gasteiger partial charge in [0.15, 0.2) is 0 Å². The van der Waals surface area contributed by atoms with E-state index in [1.165, 1.54) is 19.3 Å². The largest absolute Gasteiger partial charge is 0.389 e. The molecule has 0 spiro atoms. The first-order chi connectivity index (χ1) is 8.84. The van der Waals surface area contributed by atoms with Crippen LogP contribution in [0, 0.1) is 0 Å². The van der Waals surface area contributed by atoms with Crippen LogP contribution in [0.1, 0.15) is 32.1 Å². The van der Waals surface area contributed by atoms with Crippen LogP contribution in [-0.4, -0.2) is 61.8 Å². The summed E-state index contributed by atoms with van der Waals surface area (Å²) in [6, 6.07) is 0. The molecule has 0 radical (unpaired) electrons. The fraction of sp³-hybridized carbons (Fsp3) is 1.00. The third kappa shape index (κ3) is 5.20. The van der Waals surface area contributed by atoms with Crippen LogP contribution in [0.5, 0.6) is 0 Å². The lowest BCUT2D eigenvalue weighted by Crippen LogP contribution is -2.48. The highest BCUT2D eigenvalue weighted by Gasteiger charge is 2.16. The molecule has 106 valence electrons. The summed E-state index contributed by atoms with van der Waals surface area (Å²) in [6.07, 6.45) is 6.14. The number of hydrogen-bond donors (Lipinski definition) is 2. The van der Waals surface area contributed by atoms with E-state index in [1.54, 1.807) is 0 Å². The summed E-state index contributed by atoms with van der Waals surface area (Å²) < 4.78 is 11.0. The van der Waals surface area contributed by atoms with E-state index in [0.29, 0.717) is 19.3 Å². The quantitative estimate of drug-likeness (QED) is 0.728. The summed E-state index contributed by atoms with van der Waals surface area (Å²) in [6.45, 7) is 4.31. The molecule has 0 aromatic rings. The number of aliphatic hydroxyl groups excluding tert-OH is 1. The van der Waals surface area contributed by atoms with E-state index in [2.05, 4.69) is 10.4 Å². The number of hydrazine groups is 1. The fourth-order valence-electron chi connectivity index (χ4n) is 2.49. The summed E-state index contributed by atoms with van der Waals surface area (Å²) in [4.78, 5) is 0. The molecule has 5 heteroatoms. The maximum Gasteiger partial charge on any atom is 0.0911 e. The van der Waals surface area contributed by atoms with Crippen molar-refractivity contribution in [1.29, 1.82) is 0 Å². The minimum atomic E-state index is -0.422. The van der Waals surface area contributed by atoms with Crippen molar-refractivity contribution in [2.45, 2.75) is 44.3 Å². The number of nitrogens with zero attached hydrogens (tertiary/aromatic N) is 1. The lowest BCUT2D eigenvalue weighted by Gasteiger charge is -2.29. The van der Waals surface area contributed by atoms with Gasteiger partial charge in [0.05, 0.1) is 32.0 Å². The van der Waals surface area contributed by atoms with Gasteiger partial charge in [-0.25, -0.2) is 5.01 Å². The van der Waals surface area contributed by atoms with Crippen molar-refractivity contribution >= 4 is 0 Å². The molecule has 1 aliphatic carbocycles. The predicted molar refractivity (Wildman–Crippen MR) is 69.2 cm³/mol. The highest BCUT2D eigenvalue weighted by atomic mass is 16.5. The molecule has 0 aromatic heterocycles. The van der Waals surface area contributed by atoms with E-state index in [1.807, 2.05) is 0 Å². The van der Waals surface area contributed by atoms with E-state index in [9.17, 15) is 5.11 Å². The van der Waals surface area contributed by atoms with Gasteiger partial charge < -0.3 is 14.6 Å². The molecule has 0 aromatic carbocycles. The Labute approximate surface area is 109 Å². The summed E-state index contributed by atoms with van der Waals surface area (Å²) in [5, 5.41) is 12.0.